The Balaban J connectivity index is 0.00000256. The third-order valence-electron chi connectivity index (χ3n) is 2.68. The van der Waals surface area contributed by atoms with Crippen LogP contribution in [-0.2, 0) is 0 Å². The SMILES string of the molecule is CC(C)(CO)[C@@H](N)c1ccc(F)c(F)c1O.Cl. The van der Waals surface area contributed by atoms with Gasteiger partial charge >= 0.3 is 0 Å². The fourth-order valence-electron chi connectivity index (χ4n) is 1.33. The quantitative estimate of drug-likeness (QED) is 0.786. The first kappa shape index (κ1) is 16.1. The van der Waals surface area contributed by atoms with Gasteiger partial charge in [-0.05, 0) is 6.07 Å². The zero-order valence-corrected chi connectivity index (χ0v) is 10.4. The molecule has 0 heterocycles. The number of phenols is 1. The van der Waals surface area contributed by atoms with E-state index in [9.17, 15) is 13.9 Å². The number of aliphatic hydroxyl groups excluding tert-OH is 1. The predicted molar refractivity (Wildman–Crippen MR) is 63.1 cm³/mol. The van der Waals surface area contributed by atoms with E-state index in [1.165, 1.54) is 6.07 Å². The van der Waals surface area contributed by atoms with Crippen LogP contribution in [0.2, 0.25) is 0 Å². The molecule has 0 bridgehead atoms. The largest absolute Gasteiger partial charge is 0.505 e. The smallest absolute Gasteiger partial charge is 0.200 e. The van der Waals surface area contributed by atoms with Gasteiger partial charge in [-0.15, -0.1) is 12.4 Å². The van der Waals surface area contributed by atoms with E-state index in [4.69, 9.17) is 10.8 Å². The first-order valence-electron chi connectivity index (χ1n) is 4.84. The Labute approximate surface area is 105 Å². The number of hydrogen-bond acceptors (Lipinski definition) is 3. The van der Waals surface area contributed by atoms with Gasteiger partial charge in [-0.3, -0.25) is 0 Å². The van der Waals surface area contributed by atoms with E-state index < -0.39 is 28.8 Å². The van der Waals surface area contributed by atoms with Crippen LogP contribution in [0.5, 0.6) is 5.75 Å². The van der Waals surface area contributed by atoms with E-state index in [2.05, 4.69) is 0 Å². The van der Waals surface area contributed by atoms with Crippen molar-refractivity contribution in [2.75, 3.05) is 6.61 Å². The van der Waals surface area contributed by atoms with Crippen LogP contribution in [0.1, 0.15) is 25.5 Å². The number of aromatic hydroxyl groups is 1. The lowest BCUT2D eigenvalue weighted by atomic mass is 9.81. The number of aliphatic hydroxyl groups is 1. The molecule has 0 amide bonds. The summed E-state index contributed by atoms with van der Waals surface area (Å²) in [6.07, 6.45) is 0. The highest BCUT2D eigenvalue weighted by Crippen LogP contribution is 2.36. The normalized spacial score (nSPS) is 13.1. The molecule has 0 unspecified atom stereocenters. The number of halogens is 3. The molecule has 0 radical (unpaired) electrons. The summed E-state index contributed by atoms with van der Waals surface area (Å²) in [6, 6.07) is 1.33. The number of nitrogens with two attached hydrogens (primary N) is 1. The van der Waals surface area contributed by atoms with Crippen LogP contribution in [-0.4, -0.2) is 16.8 Å². The second-order valence-corrected chi connectivity index (χ2v) is 4.42. The summed E-state index contributed by atoms with van der Waals surface area (Å²) in [5.74, 6) is -3.24. The number of rotatable bonds is 3. The molecule has 1 aromatic rings. The van der Waals surface area contributed by atoms with Crippen LogP contribution >= 0.6 is 12.4 Å². The average molecular weight is 268 g/mol. The molecule has 0 aromatic heterocycles. The van der Waals surface area contributed by atoms with Gasteiger partial charge in [0.1, 0.15) is 0 Å². The Kier molecular flexibility index (Phi) is 5.32. The molecule has 0 aliphatic rings. The Morgan fingerprint density at radius 2 is 1.88 bits per heavy atom. The molecule has 0 spiro atoms. The van der Waals surface area contributed by atoms with Gasteiger partial charge in [0.2, 0.25) is 5.82 Å². The second kappa shape index (κ2) is 5.62. The maximum atomic E-state index is 13.1. The molecule has 1 atom stereocenters. The summed E-state index contributed by atoms with van der Waals surface area (Å²) in [5, 5.41) is 18.5. The Bertz CT molecular complexity index is 399. The monoisotopic (exact) mass is 267 g/mol. The van der Waals surface area contributed by atoms with Crippen LogP contribution in [0.4, 0.5) is 8.78 Å². The molecule has 0 aliphatic carbocycles. The van der Waals surface area contributed by atoms with Crippen molar-refractivity contribution in [1.82, 2.24) is 0 Å². The molecule has 98 valence electrons. The van der Waals surface area contributed by atoms with Crippen molar-refractivity contribution < 1.29 is 19.0 Å². The maximum Gasteiger partial charge on any atom is 0.200 e. The molecule has 17 heavy (non-hydrogen) atoms. The summed E-state index contributed by atoms with van der Waals surface area (Å²) >= 11 is 0. The van der Waals surface area contributed by atoms with Gasteiger partial charge in [0, 0.05) is 23.6 Å². The van der Waals surface area contributed by atoms with E-state index in [1.807, 2.05) is 0 Å². The molecular formula is C11H16ClF2NO2. The number of phenolic OH excluding ortho intramolecular Hbond substituents is 1. The number of benzene rings is 1. The van der Waals surface area contributed by atoms with Crippen LogP contribution in [0, 0.1) is 17.0 Å². The average Bonchev–Trinajstić information content (AvgIpc) is 2.25. The fourth-order valence-corrected chi connectivity index (χ4v) is 1.33. The Morgan fingerprint density at radius 1 is 1.35 bits per heavy atom. The summed E-state index contributed by atoms with van der Waals surface area (Å²) in [5.41, 5.74) is 5.14. The maximum absolute atomic E-state index is 13.1. The second-order valence-electron chi connectivity index (χ2n) is 4.42. The summed E-state index contributed by atoms with van der Waals surface area (Å²) in [4.78, 5) is 0. The van der Waals surface area contributed by atoms with Crippen LogP contribution in [0.25, 0.3) is 0 Å². The highest BCUT2D eigenvalue weighted by Gasteiger charge is 2.30. The molecule has 1 rings (SSSR count). The van der Waals surface area contributed by atoms with Crippen LogP contribution in [0.15, 0.2) is 12.1 Å². The standard InChI is InChI=1S/C11H15F2NO2.ClH/c1-11(2,5-15)10(14)6-3-4-7(12)8(13)9(6)16;/h3-4,10,15-16H,5,14H2,1-2H3;1H/t10-;/m0./s1. The van der Waals surface area contributed by atoms with E-state index in [0.29, 0.717) is 0 Å². The first-order chi connectivity index (χ1) is 7.31. The Morgan fingerprint density at radius 3 is 2.35 bits per heavy atom. The number of hydrogen-bond donors (Lipinski definition) is 3. The van der Waals surface area contributed by atoms with Crippen molar-refractivity contribution in [3.05, 3.63) is 29.3 Å². The third kappa shape index (κ3) is 3.06. The molecule has 6 heteroatoms. The molecule has 0 fully saturated rings. The fraction of sp³-hybridized carbons (Fsp3) is 0.455. The Hall–Kier alpha value is -0.910. The van der Waals surface area contributed by atoms with Crippen molar-refractivity contribution in [2.24, 2.45) is 11.1 Å². The summed E-state index contributed by atoms with van der Waals surface area (Å²) in [6.45, 7) is 3.10. The summed E-state index contributed by atoms with van der Waals surface area (Å²) < 4.78 is 25.9. The minimum Gasteiger partial charge on any atom is -0.505 e. The van der Waals surface area contributed by atoms with Crippen molar-refractivity contribution >= 4 is 12.4 Å². The topological polar surface area (TPSA) is 66.5 Å². The van der Waals surface area contributed by atoms with Gasteiger partial charge in [0.05, 0.1) is 0 Å². The molecule has 3 nitrogen and oxygen atoms in total. The zero-order valence-electron chi connectivity index (χ0n) is 9.58. The molecule has 4 N–H and O–H groups in total. The molecule has 0 saturated heterocycles. The van der Waals surface area contributed by atoms with Gasteiger partial charge in [-0.2, -0.15) is 4.39 Å². The minimum absolute atomic E-state index is 0. The van der Waals surface area contributed by atoms with E-state index in [0.717, 1.165) is 6.07 Å². The van der Waals surface area contributed by atoms with Crippen molar-refractivity contribution in [2.45, 2.75) is 19.9 Å². The zero-order chi connectivity index (χ0) is 12.5. The third-order valence-corrected chi connectivity index (χ3v) is 2.68. The van der Waals surface area contributed by atoms with Crippen LogP contribution in [0.3, 0.4) is 0 Å². The van der Waals surface area contributed by atoms with Gasteiger partial charge in [-0.1, -0.05) is 19.9 Å². The van der Waals surface area contributed by atoms with Crippen molar-refractivity contribution in [1.29, 1.82) is 0 Å². The van der Waals surface area contributed by atoms with Gasteiger partial charge in [0.25, 0.3) is 0 Å². The lowest BCUT2D eigenvalue weighted by Crippen LogP contribution is -2.32. The van der Waals surface area contributed by atoms with Gasteiger partial charge in [-0.25, -0.2) is 4.39 Å². The predicted octanol–water partition coefficient (Wildman–Crippen LogP) is 2.11. The molecule has 1 aromatic carbocycles. The summed E-state index contributed by atoms with van der Waals surface area (Å²) in [7, 11) is 0. The highest BCUT2D eigenvalue weighted by atomic mass is 35.5. The van der Waals surface area contributed by atoms with Crippen molar-refractivity contribution in [3.63, 3.8) is 0 Å². The molecular weight excluding hydrogens is 252 g/mol. The lowest BCUT2D eigenvalue weighted by Gasteiger charge is -2.30. The van der Waals surface area contributed by atoms with E-state index in [-0.39, 0.29) is 24.6 Å². The minimum atomic E-state index is -1.32. The lowest BCUT2D eigenvalue weighted by molar-refractivity contribution is 0.131. The van der Waals surface area contributed by atoms with E-state index >= 15 is 0 Å². The molecule has 0 aliphatic heterocycles. The molecule has 0 saturated carbocycles. The highest BCUT2D eigenvalue weighted by molar-refractivity contribution is 5.85. The van der Waals surface area contributed by atoms with Crippen molar-refractivity contribution in [3.8, 4) is 5.75 Å². The van der Waals surface area contributed by atoms with Gasteiger partial charge < -0.3 is 15.9 Å². The van der Waals surface area contributed by atoms with Crippen LogP contribution < -0.4 is 5.73 Å². The van der Waals surface area contributed by atoms with Gasteiger partial charge in [0.15, 0.2) is 11.6 Å². The first-order valence-corrected chi connectivity index (χ1v) is 4.84. The van der Waals surface area contributed by atoms with E-state index in [1.54, 1.807) is 13.8 Å².